The van der Waals surface area contributed by atoms with E-state index in [9.17, 15) is 4.39 Å². The van der Waals surface area contributed by atoms with Crippen molar-refractivity contribution in [3.05, 3.63) is 87.5 Å². The lowest BCUT2D eigenvalue weighted by molar-refractivity contribution is 0.00461. The zero-order valence-corrected chi connectivity index (χ0v) is 20.0. The van der Waals surface area contributed by atoms with Gasteiger partial charge in [-0.1, -0.05) is 11.6 Å². The third-order valence-corrected chi connectivity index (χ3v) is 6.88. The number of ether oxygens (including phenoxy) is 1. The monoisotopic (exact) mass is 479 g/mol. The van der Waals surface area contributed by atoms with E-state index in [1.54, 1.807) is 6.20 Å². The summed E-state index contributed by atoms with van der Waals surface area (Å²) in [6, 6.07) is 10.7. The molecule has 0 N–H and O–H groups in total. The molecule has 0 bridgehead atoms. The van der Waals surface area contributed by atoms with Crippen LogP contribution in [0.4, 0.5) is 8.78 Å². The van der Waals surface area contributed by atoms with E-state index >= 15 is 4.39 Å². The molecule has 4 heterocycles. The Balaban J connectivity index is 1.64. The van der Waals surface area contributed by atoms with Crippen LogP contribution in [0.3, 0.4) is 0 Å². The second-order valence-electron chi connectivity index (χ2n) is 8.89. The minimum atomic E-state index is -1.05. The predicted octanol–water partition coefficient (Wildman–Crippen LogP) is 7.18. The van der Waals surface area contributed by atoms with Gasteiger partial charge in [-0.25, -0.2) is 18.7 Å². The Kier molecular flexibility index (Phi) is 6.04. The average molecular weight is 480 g/mol. The zero-order valence-electron chi connectivity index (χ0n) is 19.2. The van der Waals surface area contributed by atoms with Crippen LogP contribution in [-0.2, 0) is 4.74 Å². The summed E-state index contributed by atoms with van der Waals surface area (Å²) in [5.74, 6) is -1.94. The highest BCUT2D eigenvalue weighted by Gasteiger charge is 2.28. The molecule has 3 aromatic heterocycles. The lowest BCUT2D eigenvalue weighted by atomic mass is 9.87. The average Bonchev–Trinajstić information content (AvgIpc) is 2.83. The predicted molar refractivity (Wildman–Crippen MR) is 129 cm³/mol. The van der Waals surface area contributed by atoms with E-state index < -0.39 is 11.6 Å². The summed E-state index contributed by atoms with van der Waals surface area (Å²) in [6.07, 6.45) is 3.21. The van der Waals surface area contributed by atoms with Crippen molar-refractivity contribution in [2.24, 2.45) is 0 Å². The Morgan fingerprint density at radius 1 is 0.971 bits per heavy atom. The van der Waals surface area contributed by atoms with E-state index in [0.29, 0.717) is 23.2 Å². The summed E-state index contributed by atoms with van der Waals surface area (Å²) < 4.78 is 35.5. The van der Waals surface area contributed by atoms with Gasteiger partial charge in [-0.05, 0) is 86.7 Å². The highest BCUT2D eigenvalue weighted by Crippen LogP contribution is 2.40. The first-order valence-electron chi connectivity index (χ1n) is 11.3. The molecule has 0 spiro atoms. The molecule has 4 nitrogen and oxygen atoms in total. The third-order valence-electron chi connectivity index (χ3n) is 6.58. The van der Waals surface area contributed by atoms with Gasteiger partial charge in [0.15, 0.2) is 17.3 Å². The van der Waals surface area contributed by atoms with Crippen LogP contribution >= 0.6 is 11.6 Å². The van der Waals surface area contributed by atoms with Gasteiger partial charge >= 0.3 is 0 Å². The maximum Gasteiger partial charge on any atom is 0.178 e. The van der Waals surface area contributed by atoms with E-state index in [4.69, 9.17) is 21.3 Å². The molecular weight excluding hydrogens is 456 g/mol. The zero-order chi connectivity index (χ0) is 24.0. The van der Waals surface area contributed by atoms with Crippen LogP contribution in [0.2, 0.25) is 5.02 Å². The van der Waals surface area contributed by atoms with Crippen molar-refractivity contribution in [3.8, 4) is 11.1 Å². The Labute approximate surface area is 202 Å². The molecule has 0 aliphatic carbocycles. The number of hydrogen-bond donors (Lipinski definition) is 0. The summed E-state index contributed by atoms with van der Waals surface area (Å²) in [5.41, 5.74) is 5.85. The number of hydrogen-bond acceptors (Lipinski definition) is 4. The van der Waals surface area contributed by atoms with Crippen molar-refractivity contribution < 1.29 is 13.5 Å². The second kappa shape index (κ2) is 9.01. The van der Waals surface area contributed by atoms with Crippen LogP contribution in [0, 0.1) is 32.4 Å². The molecule has 1 aromatic carbocycles. The van der Waals surface area contributed by atoms with Gasteiger partial charge in [-0.15, -0.1) is 0 Å². The molecule has 0 saturated carbocycles. The van der Waals surface area contributed by atoms with E-state index in [0.717, 1.165) is 41.1 Å². The Hall–Kier alpha value is -2.96. The topological polar surface area (TPSA) is 47.9 Å². The fourth-order valence-corrected chi connectivity index (χ4v) is 4.73. The van der Waals surface area contributed by atoms with Gasteiger partial charge in [0.2, 0.25) is 0 Å². The van der Waals surface area contributed by atoms with E-state index in [-0.39, 0.29) is 22.6 Å². The van der Waals surface area contributed by atoms with Crippen LogP contribution in [0.1, 0.15) is 53.1 Å². The molecule has 1 saturated heterocycles. The van der Waals surface area contributed by atoms with Crippen molar-refractivity contribution in [2.45, 2.75) is 45.6 Å². The van der Waals surface area contributed by atoms with E-state index in [2.05, 4.69) is 9.97 Å². The van der Waals surface area contributed by atoms with Crippen molar-refractivity contribution in [2.75, 3.05) is 6.61 Å². The maximum atomic E-state index is 15.0. The standard InChI is InChI=1S/C27H24ClF2N3O/c1-14-10-21-20(19-4-5-22(28)26(30)25(19)29)13-23(33-27(21)32-16(14)3)17-7-9-34-24(12-17)18-6-8-31-15(2)11-18/h4-6,8,10-11,13,17,24H,7,9,12H2,1-3H3/t17-,24-/m0/s1. The third kappa shape index (κ3) is 4.17. The molecule has 1 fully saturated rings. The van der Waals surface area contributed by atoms with E-state index in [1.807, 2.05) is 45.0 Å². The van der Waals surface area contributed by atoms with Gasteiger partial charge in [0.1, 0.15) is 0 Å². The molecular formula is C27H24ClF2N3O. The van der Waals surface area contributed by atoms with E-state index in [1.165, 1.54) is 12.1 Å². The number of rotatable bonds is 3. The molecule has 7 heteroatoms. The SMILES string of the molecule is Cc1cc([C@@H]2C[C@@H](c3cc(-c4ccc(Cl)c(F)c4F)c4cc(C)c(C)nc4n3)CCO2)ccn1. The molecule has 0 unspecified atom stereocenters. The summed E-state index contributed by atoms with van der Waals surface area (Å²) in [7, 11) is 0. The van der Waals surface area contributed by atoms with Crippen LogP contribution in [0.15, 0.2) is 42.6 Å². The Bertz CT molecular complexity index is 1410. The molecule has 1 aliphatic rings. The fourth-order valence-electron chi connectivity index (χ4n) is 4.59. The van der Waals surface area contributed by atoms with Gasteiger partial charge in [0, 0.05) is 46.8 Å². The largest absolute Gasteiger partial charge is 0.373 e. The number of fused-ring (bicyclic) bond motifs is 1. The van der Waals surface area contributed by atoms with Crippen LogP contribution in [0.5, 0.6) is 0 Å². The van der Waals surface area contributed by atoms with Crippen LogP contribution in [-0.4, -0.2) is 21.6 Å². The van der Waals surface area contributed by atoms with Crippen molar-refractivity contribution in [1.29, 1.82) is 0 Å². The van der Waals surface area contributed by atoms with Gasteiger partial charge in [-0.2, -0.15) is 0 Å². The first kappa shape index (κ1) is 22.8. The minimum absolute atomic E-state index is 0.0824. The molecule has 0 amide bonds. The van der Waals surface area contributed by atoms with Gasteiger partial charge in [0.25, 0.3) is 0 Å². The smallest absolute Gasteiger partial charge is 0.178 e. The second-order valence-corrected chi connectivity index (χ2v) is 9.30. The number of nitrogens with zero attached hydrogens (tertiary/aromatic N) is 3. The molecule has 4 aromatic rings. The lowest BCUT2D eigenvalue weighted by Crippen LogP contribution is -2.20. The highest BCUT2D eigenvalue weighted by atomic mass is 35.5. The molecule has 0 radical (unpaired) electrons. The minimum Gasteiger partial charge on any atom is -0.373 e. The molecule has 5 rings (SSSR count). The molecule has 2 atom stereocenters. The van der Waals surface area contributed by atoms with Crippen LogP contribution < -0.4 is 0 Å². The highest BCUT2D eigenvalue weighted by molar-refractivity contribution is 6.30. The number of pyridine rings is 3. The number of halogens is 3. The number of aryl methyl sites for hydroxylation is 3. The summed E-state index contributed by atoms with van der Waals surface area (Å²) in [5, 5.41) is 0.436. The van der Waals surface area contributed by atoms with Crippen molar-refractivity contribution in [1.82, 2.24) is 15.0 Å². The van der Waals surface area contributed by atoms with Gasteiger partial charge in [0.05, 0.1) is 11.1 Å². The normalized spacial score (nSPS) is 18.4. The summed E-state index contributed by atoms with van der Waals surface area (Å²) >= 11 is 5.82. The molecule has 1 aliphatic heterocycles. The number of aromatic nitrogens is 3. The quantitative estimate of drug-likeness (QED) is 0.292. The maximum absolute atomic E-state index is 15.0. The summed E-state index contributed by atoms with van der Waals surface area (Å²) in [6.45, 7) is 6.40. The number of benzene rings is 1. The lowest BCUT2D eigenvalue weighted by Gasteiger charge is -2.30. The first-order valence-corrected chi connectivity index (χ1v) is 11.7. The molecule has 174 valence electrons. The van der Waals surface area contributed by atoms with Gasteiger partial charge < -0.3 is 4.74 Å². The molecule has 34 heavy (non-hydrogen) atoms. The van der Waals surface area contributed by atoms with Crippen molar-refractivity contribution >= 4 is 22.6 Å². The van der Waals surface area contributed by atoms with Crippen LogP contribution in [0.25, 0.3) is 22.2 Å². The Morgan fingerprint density at radius 3 is 2.59 bits per heavy atom. The fraction of sp³-hybridized carbons (Fsp3) is 0.296. The van der Waals surface area contributed by atoms with Gasteiger partial charge in [-0.3, -0.25) is 4.98 Å². The van der Waals surface area contributed by atoms with Crippen molar-refractivity contribution in [3.63, 3.8) is 0 Å². The summed E-state index contributed by atoms with van der Waals surface area (Å²) in [4.78, 5) is 13.8. The first-order chi connectivity index (χ1) is 16.3. The Morgan fingerprint density at radius 2 is 1.79 bits per heavy atom.